The summed E-state index contributed by atoms with van der Waals surface area (Å²) < 4.78 is 39.3. The molecule has 0 saturated carbocycles. The van der Waals surface area contributed by atoms with Gasteiger partial charge in [-0.1, -0.05) is 18.2 Å². The number of ether oxygens (including phenoxy) is 2. The second-order valence-corrected chi connectivity index (χ2v) is 8.11. The Morgan fingerprint density at radius 3 is 2.79 bits per heavy atom. The Kier molecular flexibility index (Phi) is 7.10. The first kappa shape index (κ1) is 23.0. The molecule has 1 amide bonds. The molecule has 4 rings (SSSR count). The van der Waals surface area contributed by atoms with Gasteiger partial charge in [-0.05, 0) is 35.4 Å². The molecule has 0 bridgehead atoms. The summed E-state index contributed by atoms with van der Waals surface area (Å²) in [5, 5.41) is 2.85. The van der Waals surface area contributed by atoms with Crippen molar-refractivity contribution in [2.45, 2.75) is 24.6 Å². The van der Waals surface area contributed by atoms with Crippen LogP contribution in [0, 0.1) is 11.6 Å². The van der Waals surface area contributed by atoms with E-state index >= 15 is 0 Å². The molecule has 0 atom stereocenters. The lowest BCUT2D eigenvalue weighted by Gasteiger charge is -2.31. The second kappa shape index (κ2) is 10.2. The molecule has 6 nitrogen and oxygen atoms in total. The van der Waals surface area contributed by atoms with Crippen LogP contribution in [0.1, 0.15) is 27.0 Å². The Morgan fingerprint density at radius 1 is 1.24 bits per heavy atom. The van der Waals surface area contributed by atoms with Gasteiger partial charge in [-0.25, -0.2) is 13.8 Å². The lowest BCUT2D eigenvalue weighted by Crippen LogP contribution is -2.34. The third-order valence-electron chi connectivity index (χ3n) is 5.34. The van der Waals surface area contributed by atoms with Crippen LogP contribution in [0.2, 0.25) is 0 Å². The molecular formula is C24H23F2N3O3S. The third kappa shape index (κ3) is 5.26. The van der Waals surface area contributed by atoms with Gasteiger partial charge in [0, 0.05) is 36.9 Å². The number of aromatic nitrogens is 1. The minimum atomic E-state index is -0.915. The average molecular weight is 472 g/mol. The summed E-state index contributed by atoms with van der Waals surface area (Å²) in [7, 11) is 1.50. The zero-order chi connectivity index (χ0) is 23.4. The summed E-state index contributed by atoms with van der Waals surface area (Å²) in [5.74, 6) is -1.23. The van der Waals surface area contributed by atoms with Crippen molar-refractivity contribution in [3.8, 4) is 5.75 Å². The summed E-state index contributed by atoms with van der Waals surface area (Å²) in [5.41, 5.74) is 2.06. The van der Waals surface area contributed by atoms with E-state index in [2.05, 4.69) is 22.9 Å². The van der Waals surface area contributed by atoms with E-state index in [4.69, 9.17) is 9.47 Å². The quantitative estimate of drug-likeness (QED) is 0.508. The van der Waals surface area contributed by atoms with Crippen molar-refractivity contribution in [1.29, 1.82) is 0 Å². The highest BCUT2D eigenvalue weighted by Crippen LogP contribution is 2.32. The molecule has 0 radical (unpaired) electrons. The molecule has 2 heterocycles. The lowest BCUT2D eigenvalue weighted by atomic mass is 10.1. The molecular weight excluding hydrogens is 448 g/mol. The van der Waals surface area contributed by atoms with Crippen molar-refractivity contribution < 1.29 is 23.0 Å². The zero-order valence-corrected chi connectivity index (χ0v) is 18.9. The minimum Gasteiger partial charge on any atom is -0.488 e. The number of carbonyl (C=O) groups is 1. The first-order valence-electron chi connectivity index (χ1n) is 10.3. The van der Waals surface area contributed by atoms with Crippen LogP contribution in [0.3, 0.4) is 0 Å². The number of halogens is 2. The number of nitrogens with one attached hydrogen (secondary N) is 1. The molecule has 0 aliphatic carbocycles. The van der Waals surface area contributed by atoms with Crippen LogP contribution in [0.5, 0.6) is 5.75 Å². The number of fused-ring (bicyclic) bond motifs is 1. The van der Waals surface area contributed by atoms with Crippen LogP contribution in [0.4, 0.5) is 14.6 Å². The number of nitrogens with zero attached hydrogens (tertiary/aromatic N) is 2. The van der Waals surface area contributed by atoms with Gasteiger partial charge in [-0.15, -0.1) is 12.6 Å². The van der Waals surface area contributed by atoms with Gasteiger partial charge in [-0.3, -0.25) is 4.79 Å². The van der Waals surface area contributed by atoms with E-state index in [1.165, 1.54) is 19.4 Å². The number of carbonyl (C=O) groups excluding carboxylic acids is 1. The molecule has 3 aromatic rings. The van der Waals surface area contributed by atoms with Crippen LogP contribution in [0.25, 0.3) is 0 Å². The van der Waals surface area contributed by atoms with E-state index < -0.39 is 11.6 Å². The number of rotatable bonds is 7. The summed E-state index contributed by atoms with van der Waals surface area (Å²) in [6.07, 6.45) is 1.45. The normalized spacial score (nSPS) is 12.8. The van der Waals surface area contributed by atoms with Crippen LogP contribution >= 0.6 is 12.6 Å². The Balaban J connectivity index is 1.51. The van der Waals surface area contributed by atoms with E-state index in [9.17, 15) is 13.6 Å². The smallest absolute Gasteiger partial charge is 0.253 e. The van der Waals surface area contributed by atoms with Gasteiger partial charge in [0.2, 0.25) is 0 Å². The first-order chi connectivity index (χ1) is 16.0. The summed E-state index contributed by atoms with van der Waals surface area (Å²) in [6.45, 7) is 1.38. The highest BCUT2D eigenvalue weighted by molar-refractivity contribution is 7.80. The molecule has 1 aromatic heterocycles. The van der Waals surface area contributed by atoms with Crippen LogP contribution in [0.15, 0.2) is 53.6 Å². The Morgan fingerprint density at radius 2 is 2.03 bits per heavy atom. The highest BCUT2D eigenvalue weighted by Gasteiger charge is 2.24. The van der Waals surface area contributed by atoms with Crippen LogP contribution in [-0.2, 0) is 24.4 Å². The number of benzene rings is 2. The lowest BCUT2D eigenvalue weighted by molar-refractivity contribution is 0.0950. The fourth-order valence-corrected chi connectivity index (χ4v) is 3.76. The largest absolute Gasteiger partial charge is 0.488 e. The third-order valence-corrected chi connectivity index (χ3v) is 5.64. The predicted molar refractivity (Wildman–Crippen MR) is 123 cm³/mol. The molecule has 33 heavy (non-hydrogen) atoms. The molecule has 1 aliphatic heterocycles. The number of thiol groups is 1. The molecule has 9 heteroatoms. The van der Waals surface area contributed by atoms with E-state index in [0.717, 1.165) is 16.5 Å². The van der Waals surface area contributed by atoms with Gasteiger partial charge in [0.05, 0.1) is 18.7 Å². The van der Waals surface area contributed by atoms with Crippen molar-refractivity contribution in [2.75, 3.05) is 25.2 Å². The van der Waals surface area contributed by atoms with Crippen molar-refractivity contribution in [3.63, 3.8) is 0 Å². The van der Waals surface area contributed by atoms with E-state index in [1.54, 1.807) is 11.0 Å². The van der Waals surface area contributed by atoms with E-state index in [0.29, 0.717) is 42.4 Å². The molecule has 0 saturated heterocycles. The first-order valence-corrected chi connectivity index (χ1v) is 10.8. The maximum absolute atomic E-state index is 14.6. The molecule has 0 fully saturated rings. The number of methoxy groups -OCH3 is 1. The van der Waals surface area contributed by atoms with Crippen LogP contribution in [-0.4, -0.2) is 31.2 Å². The Hall–Kier alpha value is -3.17. The minimum absolute atomic E-state index is 0.0956. The maximum Gasteiger partial charge on any atom is 0.253 e. The van der Waals surface area contributed by atoms with Crippen LogP contribution < -0.4 is 15.0 Å². The molecule has 0 spiro atoms. The molecule has 172 valence electrons. The number of amides is 1. The number of anilines is 1. The number of hydrogen-bond donors (Lipinski definition) is 2. The Labute approximate surface area is 195 Å². The fraction of sp³-hybridized carbons (Fsp3) is 0.250. The van der Waals surface area contributed by atoms with Gasteiger partial charge < -0.3 is 19.7 Å². The van der Waals surface area contributed by atoms with E-state index in [-0.39, 0.29) is 24.6 Å². The van der Waals surface area contributed by atoms with Gasteiger partial charge >= 0.3 is 0 Å². The topological polar surface area (TPSA) is 63.7 Å². The van der Waals surface area contributed by atoms with Gasteiger partial charge in [0.15, 0.2) is 23.2 Å². The summed E-state index contributed by atoms with van der Waals surface area (Å²) >= 11 is 4.25. The maximum atomic E-state index is 14.6. The average Bonchev–Trinajstić information content (AvgIpc) is 2.83. The second-order valence-electron chi connectivity index (χ2n) is 7.60. The molecule has 0 unspecified atom stereocenters. The molecule has 1 aliphatic rings. The number of pyridine rings is 1. The van der Waals surface area contributed by atoms with E-state index in [1.807, 2.05) is 24.3 Å². The fourth-order valence-electron chi connectivity index (χ4n) is 3.61. The molecule has 1 N–H and O–H groups in total. The standard InChI is InChI=1S/C24H23F2N3O3S/c1-31-14-16-4-7-20(25)22(26)19(16)13-29-8-9-32-21-10-17(12-27-23(21)29)24(30)28-11-15-2-5-18(33)6-3-15/h2-7,10,12,33H,8-9,11,13-14H2,1H3,(H,28,30). The van der Waals surface area contributed by atoms with Crippen molar-refractivity contribution in [2.24, 2.45) is 0 Å². The van der Waals surface area contributed by atoms with Crippen molar-refractivity contribution >= 4 is 24.4 Å². The van der Waals surface area contributed by atoms with Crippen molar-refractivity contribution in [3.05, 3.63) is 82.5 Å². The Bertz CT molecular complexity index is 1160. The summed E-state index contributed by atoms with van der Waals surface area (Å²) in [6, 6.07) is 11.7. The summed E-state index contributed by atoms with van der Waals surface area (Å²) in [4.78, 5) is 19.6. The van der Waals surface area contributed by atoms with Gasteiger partial charge in [0.25, 0.3) is 5.91 Å². The molecule has 2 aromatic carbocycles. The number of hydrogen-bond acceptors (Lipinski definition) is 6. The van der Waals surface area contributed by atoms with Gasteiger partial charge in [-0.2, -0.15) is 0 Å². The SMILES string of the molecule is COCc1ccc(F)c(F)c1CN1CCOc2cc(C(=O)NCc3ccc(S)cc3)cnc21. The monoisotopic (exact) mass is 471 g/mol. The highest BCUT2D eigenvalue weighted by atomic mass is 32.1. The zero-order valence-electron chi connectivity index (χ0n) is 18.0. The van der Waals surface area contributed by atoms with Gasteiger partial charge in [0.1, 0.15) is 6.61 Å². The van der Waals surface area contributed by atoms with Crippen molar-refractivity contribution in [1.82, 2.24) is 10.3 Å². The predicted octanol–water partition coefficient (Wildman–Crippen LogP) is 4.12.